The first-order chi connectivity index (χ1) is 9.24. The molecular weight excluding hydrogens is 266 g/mol. The minimum Gasteiger partial charge on any atom is -0.395 e. The Morgan fingerprint density at radius 2 is 2.05 bits per heavy atom. The highest BCUT2D eigenvalue weighted by atomic mass is 35.5. The first-order valence-corrected chi connectivity index (χ1v) is 7.15. The summed E-state index contributed by atoms with van der Waals surface area (Å²) in [5.41, 5.74) is 0. The minimum atomic E-state index is 0.0797. The molecule has 0 atom stereocenters. The van der Waals surface area contributed by atoms with Gasteiger partial charge < -0.3 is 15.3 Å². The monoisotopic (exact) mass is 285 g/mol. The largest absolute Gasteiger partial charge is 0.395 e. The van der Waals surface area contributed by atoms with Crippen molar-refractivity contribution in [2.24, 2.45) is 0 Å². The molecule has 1 aromatic heterocycles. The zero-order chi connectivity index (χ0) is 13.7. The van der Waals surface area contributed by atoms with Gasteiger partial charge in [-0.25, -0.2) is 0 Å². The summed E-state index contributed by atoms with van der Waals surface area (Å²) in [4.78, 5) is 14.7. The van der Waals surface area contributed by atoms with E-state index < -0.39 is 0 Å². The average molecular weight is 286 g/mol. The maximum Gasteiger partial charge on any atom is 0.231 e. The van der Waals surface area contributed by atoms with Crippen LogP contribution in [0.15, 0.2) is 0 Å². The van der Waals surface area contributed by atoms with Gasteiger partial charge in [-0.05, 0) is 31.4 Å². The molecule has 0 aromatic carbocycles. The van der Waals surface area contributed by atoms with Crippen LogP contribution in [0.25, 0.3) is 0 Å². The van der Waals surface area contributed by atoms with Crippen LogP contribution in [-0.2, 0) is 0 Å². The molecule has 7 heteroatoms. The second-order valence-corrected chi connectivity index (χ2v) is 4.95. The summed E-state index contributed by atoms with van der Waals surface area (Å²) < 4.78 is 0. The Labute approximate surface area is 118 Å². The van der Waals surface area contributed by atoms with Crippen LogP contribution in [0.1, 0.15) is 32.6 Å². The molecule has 2 N–H and O–H groups in total. The second kappa shape index (κ2) is 6.86. The van der Waals surface area contributed by atoms with Crippen molar-refractivity contribution in [2.75, 3.05) is 29.9 Å². The molecule has 0 saturated heterocycles. The van der Waals surface area contributed by atoms with E-state index in [9.17, 15) is 5.11 Å². The van der Waals surface area contributed by atoms with Crippen LogP contribution in [0.2, 0.25) is 5.28 Å². The van der Waals surface area contributed by atoms with Gasteiger partial charge in [-0.15, -0.1) is 0 Å². The van der Waals surface area contributed by atoms with E-state index in [2.05, 4.69) is 20.3 Å². The molecule has 0 amide bonds. The molecule has 19 heavy (non-hydrogen) atoms. The minimum absolute atomic E-state index is 0.0797. The van der Waals surface area contributed by atoms with Gasteiger partial charge in [0.2, 0.25) is 17.2 Å². The maximum absolute atomic E-state index is 9.24. The molecule has 2 rings (SSSR count). The molecule has 1 aliphatic rings. The zero-order valence-electron chi connectivity index (χ0n) is 11.1. The van der Waals surface area contributed by atoms with E-state index in [-0.39, 0.29) is 11.9 Å². The summed E-state index contributed by atoms with van der Waals surface area (Å²) in [6.07, 6.45) is 4.65. The Morgan fingerprint density at radius 1 is 1.32 bits per heavy atom. The second-order valence-electron chi connectivity index (χ2n) is 4.61. The van der Waals surface area contributed by atoms with Crippen molar-refractivity contribution in [1.82, 2.24) is 15.0 Å². The van der Waals surface area contributed by atoms with Crippen molar-refractivity contribution in [3.8, 4) is 0 Å². The van der Waals surface area contributed by atoms with Crippen LogP contribution < -0.4 is 10.2 Å². The summed E-state index contributed by atoms with van der Waals surface area (Å²) in [6.45, 7) is 3.30. The topological polar surface area (TPSA) is 74.2 Å². The molecule has 1 fully saturated rings. The van der Waals surface area contributed by atoms with Crippen LogP contribution in [0, 0.1) is 0 Å². The van der Waals surface area contributed by atoms with Crippen molar-refractivity contribution < 1.29 is 5.11 Å². The first kappa shape index (κ1) is 14.3. The van der Waals surface area contributed by atoms with Crippen LogP contribution in [0.5, 0.6) is 0 Å². The fourth-order valence-corrected chi connectivity index (χ4v) is 2.63. The average Bonchev–Trinajstić information content (AvgIpc) is 2.89. The fourth-order valence-electron chi connectivity index (χ4n) is 2.47. The number of hydrogen-bond acceptors (Lipinski definition) is 6. The van der Waals surface area contributed by atoms with Crippen molar-refractivity contribution in [2.45, 2.75) is 38.6 Å². The van der Waals surface area contributed by atoms with Crippen molar-refractivity contribution in [1.29, 1.82) is 0 Å². The number of aromatic nitrogens is 3. The summed E-state index contributed by atoms with van der Waals surface area (Å²) in [5.74, 6) is 1.04. The summed E-state index contributed by atoms with van der Waals surface area (Å²) in [6, 6.07) is 0.389. The van der Waals surface area contributed by atoms with E-state index in [1.807, 2.05) is 11.8 Å². The molecule has 1 saturated carbocycles. The van der Waals surface area contributed by atoms with Crippen molar-refractivity contribution in [3.05, 3.63) is 5.28 Å². The molecule has 0 unspecified atom stereocenters. The van der Waals surface area contributed by atoms with Gasteiger partial charge in [-0.1, -0.05) is 12.8 Å². The van der Waals surface area contributed by atoms with E-state index in [0.717, 1.165) is 19.4 Å². The molecule has 106 valence electrons. The van der Waals surface area contributed by atoms with Crippen molar-refractivity contribution in [3.63, 3.8) is 0 Å². The number of anilines is 2. The number of aliphatic hydroxyl groups is 1. The highest BCUT2D eigenvalue weighted by Crippen LogP contribution is 2.26. The fraction of sp³-hybridized carbons (Fsp3) is 0.750. The van der Waals surface area contributed by atoms with E-state index in [0.29, 0.717) is 24.5 Å². The van der Waals surface area contributed by atoms with Crippen LogP contribution in [0.3, 0.4) is 0 Å². The van der Waals surface area contributed by atoms with Gasteiger partial charge in [-0.3, -0.25) is 0 Å². The maximum atomic E-state index is 9.24. The molecular formula is C12H20ClN5O. The Morgan fingerprint density at radius 3 is 2.68 bits per heavy atom. The number of nitrogens with zero attached hydrogens (tertiary/aromatic N) is 4. The van der Waals surface area contributed by atoms with E-state index in [1.165, 1.54) is 12.8 Å². The summed E-state index contributed by atoms with van der Waals surface area (Å²) in [5, 5.41) is 12.5. The predicted molar refractivity (Wildman–Crippen MR) is 75.7 cm³/mol. The lowest BCUT2D eigenvalue weighted by Crippen LogP contribution is -2.37. The predicted octanol–water partition coefficient (Wildman–Crippen LogP) is 1.70. The number of aliphatic hydroxyl groups excluding tert-OH is 1. The quantitative estimate of drug-likeness (QED) is 0.829. The molecule has 0 bridgehead atoms. The smallest absolute Gasteiger partial charge is 0.231 e. The van der Waals surface area contributed by atoms with Gasteiger partial charge in [0.05, 0.1) is 6.61 Å². The molecule has 1 aliphatic carbocycles. The normalized spacial score (nSPS) is 15.7. The standard InChI is InChI=1S/C12H20ClN5O/c1-2-14-11-15-10(13)16-12(17-11)18(7-8-19)9-5-3-4-6-9/h9,19H,2-8H2,1H3,(H,14,15,16,17). The third kappa shape index (κ3) is 3.67. The van der Waals surface area contributed by atoms with Gasteiger partial charge in [0.1, 0.15) is 0 Å². The number of rotatable bonds is 6. The Balaban J connectivity index is 2.24. The Bertz CT molecular complexity index is 411. The number of nitrogens with one attached hydrogen (secondary N) is 1. The molecule has 0 radical (unpaired) electrons. The van der Waals surface area contributed by atoms with Crippen molar-refractivity contribution >= 4 is 23.5 Å². The van der Waals surface area contributed by atoms with E-state index in [1.54, 1.807) is 0 Å². The van der Waals surface area contributed by atoms with Gasteiger partial charge in [0.15, 0.2) is 0 Å². The van der Waals surface area contributed by atoms with Gasteiger partial charge >= 0.3 is 0 Å². The third-order valence-electron chi connectivity index (χ3n) is 3.29. The number of halogens is 1. The van der Waals surface area contributed by atoms with Gasteiger partial charge in [0, 0.05) is 19.1 Å². The van der Waals surface area contributed by atoms with E-state index >= 15 is 0 Å². The van der Waals surface area contributed by atoms with Crippen LogP contribution in [0.4, 0.5) is 11.9 Å². The van der Waals surface area contributed by atoms with Crippen LogP contribution in [-0.4, -0.2) is 45.8 Å². The van der Waals surface area contributed by atoms with Crippen LogP contribution >= 0.6 is 11.6 Å². The molecule has 0 aliphatic heterocycles. The van der Waals surface area contributed by atoms with Gasteiger partial charge in [0.25, 0.3) is 0 Å². The third-order valence-corrected chi connectivity index (χ3v) is 3.46. The molecule has 0 spiro atoms. The molecule has 6 nitrogen and oxygen atoms in total. The lowest BCUT2D eigenvalue weighted by atomic mass is 10.2. The van der Waals surface area contributed by atoms with E-state index in [4.69, 9.17) is 11.6 Å². The Hall–Kier alpha value is -1.14. The number of hydrogen-bond donors (Lipinski definition) is 2. The highest BCUT2D eigenvalue weighted by molar-refractivity contribution is 6.28. The lowest BCUT2D eigenvalue weighted by Gasteiger charge is -2.28. The lowest BCUT2D eigenvalue weighted by molar-refractivity contribution is 0.296. The SMILES string of the molecule is CCNc1nc(Cl)nc(N(CCO)C2CCCC2)n1. The summed E-state index contributed by atoms with van der Waals surface area (Å²) in [7, 11) is 0. The molecule has 1 heterocycles. The first-order valence-electron chi connectivity index (χ1n) is 6.77. The summed E-state index contributed by atoms with van der Waals surface area (Å²) >= 11 is 5.95. The zero-order valence-corrected chi connectivity index (χ0v) is 11.9. The Kier molecular flexibility index (Phi) is 5.15. The highest BCUT2D eigenvalue weighted by Gasteiger charge is 2.25. The van der Waals surface area contributed by atoms with Gasteiger partial charge in [-0.2, -0.15) is 15.0 Å². The molecule has 1 aromatic rings.